The Bertz CT molecular complexity index is 1080. The van der Waals surface area contributed by atoms with Gasteiger partial charge in [0.2, 0.25) is 11.8 Å². The minimum absolute atomic E-state index is 0.0137. The number of ether oxygens (including phenoxy) is 2. The van der Waals surface area contributed by atoms with Crippen LogP contribution in [0, 0.1) is 5.82 Å². The SMILES string of the molecule is CCC(=O)NC(=O)CN1Cc2c(OCc3ccc(CN4CCOCC4)cc3F)cccc2C1=O. The quantitative estimate of drug-likeness (QED) is 0.638. The summed E-state index contributed by atoms with van der Waals surface area (Å²) in [4.78, 5) is 39.8. The lowest BCUT2D eigenvalue weighted by molar-refractivity contribution is -0.130. The molecule has 0 radical (unpaired) electrons. The number of nitrogens with zero attached hydrogens (tertiary/aromatic N) is 2. The predicted octanol–water partition coefficient (Wildman–Crippen LogP) is 2.25. The van der Waals surface area contributed by atoms with Crippen LogP contribution < -0.4 is 10.1 Å². The Balaban J connectivity index is 1.38. The third-order valence-corrected chi connectivity index (χ3v) is 5.94. The number of rotatable bonds is 8. The minimum Gasteiger partial charge on any atom is -0.488 e. The fourth-order valence-corrected chi connectivity index (χ4v) is 4.06. The van der Waals surface area contributed by atoms with Crippen LogP contribution >= 0.6 is 0 Å². The van der Waals surface area contributed by atoms with Gasteiger partial charge in [0.25, 0.3) is 5.91 Å². The summed E-state index contributed by atoms with van der Waals surface area (Å²) in [5.74, 6) is -1.10. The van der Waals surface area contributed by atoms with E-state index in [-0.39, 0.29) is 37.8 Å². The summed E-state index contributed by atoms with van der Waals surface area (Å²) in [6.45, 7) is 5.33. The summed E-state index contributed by atoms with van der Waals surface area (Å²) in [5, 5.41) is 2.25. The van der Waals surface area contributed by atoms with E-state index >= 15 is 0 Å². The van der Waals surface area contributed by atoms with Crippen LogP contribution in [-0.4, -0.2) is 60.4 Å². The van der Waals surface area contributed by atoms with Crippen molar-refractivity contribution in [2.24, 2.45) is 0 Å². The molecule has 180 valence electrons. The molecule has 2 aliphatic heterocycles. The summed E-state index contributed by atoms with van der Waals surface area (Å²) in [6.07, 6.45) is 0.183. The summed E-state index contributed by atoms with van der Waals surface area (Å²) in [5.41, 5.74) is 2.40. The molecule has 4 rings (SSSR count). The molecule has 2 aromatic carbocycles. The molecule has 2 aromatic rings. The van der Waals surface area contributed by atoms with Crippen molar-refractivity contribution < 1.29 is 28.2 Å². The van der Waals surface area contributed by atoms with Gasteiger partial charge in [-0.05, 0) is 23.8 Å². The van der Waals surface area contributed by atoms with Crippen molar-refractivity contribution in [3.05, 3.63) is 64.5 Å². The largest absolute Gasteiger partial charge is 0.488 e. The number of halogens is 1. The minimum atomic E-state index is -0.533. The van der Waals surface area contributed by atoms with Crippen LogP contribution in [0.1, 0.15) is 40.4 Å². The lowest BCUT2D eigenvalue weighted by Crippen LogP contribution is -2.39. The summed E-state index contributed by atoms with van der Waals surface area (Å²) in [6, 6.07) is 10.2. The van der Waals surface area contributed by atoms with E-state index in [0.717, 1.165) is 18.7 Å². The van der Waals surface area contributed by atoms with Crippen LogP contribution in [0.5, 0.6) is 5.75 Å². The second-order valence-corrected chi connectivity index (χ2v) is 8.37. The number of carbonyl (C=O) groups excluding carboxylic acids is 3. The van der Waals surface area contributed by atoms with Gasteiger partial charge in [-0.3, -0.25) is 24.6 Å². The van der Waals surface area contributed by atoms with Gasteiger partial charge in [0, 0.05) is 42.7 Å². The van der Waals surface area contributed by atoms with Gasteiger partial charge in [0.1, 0.15) is 24.7 Å². The van der Waals surface area contributed by atoms with Crippen LogP contribution in [0.2, 0.25) is 0 Å². The first kappa shape index (κ1) is 23.8. The Morgan fingerprint density at radius 3 is 2.68 bits per heavy atom. The average molecular weight is 470 g/mol. The van der Waals surface area contributed by atoms with Crippen LogP contribution in [0.4, 0.5) is 4.39 Å². The Labute approximate surface area is 197 Å². The van der Waals surface area contributed by atoms with Gasteiger partial charge in [-0.25, -0.2) is 4.39 Å². The summed E-state index contributed by atoms with van der Waals surface area (Å²) in [7, 11) is 0. The van der Waals surface area contributed by atoms with Crippen LogP contribution in [-0.2, 0) is 34.0 Å². The van der Waals surface area contributed by atoms with Gasteiger partial charge < -0.3 is 14.4 Å². The maximum Gasteiger partial charge on any atom is 0.255 e. The molecule has 9 heteroatoms. The number of hydrogen-bond donors (Lipinski definition) is 1. The maximum absolute atomic E-state index is 14.7. The number of fused-ring (bicyclic) bond motifs is 1. The number of morpholine rings is 1. The number of benzene rings is 2. The van der Waals surface area contributed by atoms with E-state index in [1.807, 2.05) is 6.07 Å². The number of carbonyl (C=O) groups is 3. The Morgan fingerprint density at radius 2 is 1.94 bits per heavy atom. The average Bonchev–Trinajstić information content (AvgIpc) is 3.14. The number of imide groups is 1. The molecule has 0 atom stereocenters. The van der Waals surface area contributed by atoms with E-state index in [1.165, 1.54) is 11.0 Å². The maximum atomic E-state index is 14.7. The van der Waals surface area contributed by atoms with Crippen molar-refractivity contribution in [3.63, 3.8) is 0 Å². The van der Waals surface area contributed by atoms with Gasteiger partial charge in [-0.15, -0.1) is 0 Å². The van der Waals surface area contributed by atoms with E-state index in [0.29, 0.717) is 42.2 Å². The van der Waals surface area contributed by atoms with Crippen molar-refractivity contribution in [1.29, 1.82) is 0 Å². The molecule has 34 heavy (non-hydrogen) atoms. The molecule has 3 amide bonds. The molecule has 0 bridgehead atoms. The molecule has 0 unspecified atom stereocenters. The van der Waals surface area contributed by atoms with Crippen LogP contribution in [0.25, 0.3) is 0 Å². The lowest BCUT2D eigenvalue weighted by atomic mass is 10.1. The Kier molecular flexibility index (Phi) is 7.54. The van der Waals surface area contributed by atoms with Crippen molar-refractivity contribution >= 4 is 17.7 Å². The van der Waals surface area contributed by atoms with E-state index < -0.39 is 11.8 Å². The number of nitrogens with one attached hydrogen (secondary N) is 1. The van der Waals surface area contributed by atoms with Crippen molar-refractivity contribution in [3.8, 4) is 5.75 Å². The molecular weight excluding hydrogens is 441 g/mol. The second kappa shape index (κ2) is 10.8. The van der Waals surface area contributed by atoms with Crippen LogP contribution in [0.3, 0.4) is 0 Å². The molecule has 1 saturated heterocycles. The molecule has 2 aliphatic rings. The standard InChI is InChI=1S/C25H28FN3O5/c1-2-23(30)27-24(31)15-29-14-20-19(25(29)32)4-3-5-22(20)34-16-18-7-6-17(12-21(18)26)13-28-8-10-33-11-9-28/h3-7,12H,2,8-11,13-16H2,1H3,(H,27,30,31). The highest BCUT2D eigenvalue weighted by molar-refractivity contribution is 6.02. The second-order valence-electron chi connectivity index (χ2n) is 8.37. The van der Waals surface area contributed by atoms with Crippen molar-refractivity contribution in [2.45, 2.75) is 33.0 Å². The molecule has 1 fully saturated rings. The van der Waals surface area contributed by atoms with Crippen molar-refractivity contribution in [2.75, 3.05) is 32.8 Å². The third kappa shape index (κ3) is 5.60. The van der Waals surface area contributed by atoms with Crippen molar-refractivity contribution in [1.82, 2.24) is 15.1 Å². The van der Waals surface area contributed by atoms with Gasteiger partial charge in [-0.2, -0.15) is 0 Å². The molecule has 2 heterocycles. The number of amides is 3. The summed E-state index contributed by atoms with van der Waals surface area (Å²) >= 11 is 0. The zero-order valence-electron chi connectivity index (χ0n) is 19.1. The van der Waals surface area contributed by atoms with Gasteiger partial charge in [0.15, 0.2) is 0 Å². The van der Waals surface area contributed by atoms with Gasteiger partial charge in [-0.1, -0.05) is 25.1 Å². The molecule has 0 aromatic heterocycles. The molecular formula is C25H28FN3O5. The zero-order chi connectivity index (χ0) is 24.1. The van der Waals surface area contributed by atoms with Crippen LogP contribution in [0.15, 0.2) is 36.4 Å². The third-order valence-electron chi connectivity index (χ3n) is 5.94. The highest BCUT2D eigenvalue weighted by atomic mass is 19.1. The zero-order valence-corrected chi connectivity index (χ0v) is 19.1. The highest BCUT2D eigenvalue weighted by Gasteiger charge is 2.31. The highest BCUT2D eigenvalue weighted by Crippen LogP contribution is 2.31. The topological polar surface area (TPSA) is 88.2 Å². The van der Waals surface area contributed by atoms with E-state index in [9.17, 15) is 18.8 Å². The Hall–Kier alpha value is -3.30. The molecule has 0 aliphatic carbocycles. The fourth-order valence-electron chi connectivity index (χ4n) is 4.06. The Morgan fingerprint density at radius 1 is 1.15 bits per heavy atom. The van der Waals surface area contributed by atoms with E-state index in [2.05, 4.69) is 10.2 Å². The lowest BCUT2D eigenvalue weighted by Gasteiger charge is -2.26. The number of hydrogen-bond acceptors (Lipinski definition) is 6. The summed E-state index contributed by atoms with van der Waals surface area (Å²) < 4.78 is 26.0. The molecule has 8 nitrogen and oxygen atoms in total. The van der Waals surface area contributed by atoms with E-state index in [1.54, 1.807) is 31.2 Å². The van der Waals surface area contributed by atoms with E-state index in [4.69, 9.17) is 9.47 Å². The molecule has 0 saturated carbocycles. The normalized spacial score (nSPS) is 15.8. The fraction of sp³-hybridized carbons (Fsp3) is 0.400. The first-order valence-electron chi connectivity index (χ1n) is 11.4. The monoisotopic (exact) mass is 469 g/mol. The predicted molar refractivity (Wildman–Crippen MR) is 121 cm³/mol. The first-order chi connectivity index (χ1) is 16.4. The molecule has 1 N–H and O–H groups in total. The van der Waals surface area contributed by atoms with Gasteiger partial charge in [0.05, 0.1) is 19.8 Å². The molecule has 0 spiro atoms. The smallest absolute Gasteiger partial charge is 0.255 e. The first-order valence-corrected chi connectivity index (χ1v) is 11.4. The van der Waals surface area contributed by atoms with Gasteiger partial charge >= 0.3 is 0 Å².